The van der Waals surface area contributed by atoms with Gasteiger partial charge in [-0.05, 0) is 36.0 Å². The maximum atomic E-state index is 6.38. The van der Waals surface area contributed by atoms with Crippen LogP contribution in [-0.4, -0.2) is 22.4 Å². The van der Waals surface area contributed by atoms with Gasteiger partial charge in [0.05, 0.1) is 6.20 Å². The monoisotopic (exact) mass is 305 g/mol. The van der Waals surface area contributed by atoms with E-state index in [9.17, 15) is 0 Å². The van der Waals surface area contributed by atoms with Crippen molar-refractivity contribution >= 4 is 11.6 Å². The van der Waals surface area contributed by atoms with Gasteiger partial charge in [-0.2, -0.15) is 5.10 Å². The van der Waals surface area contributed by atoms with Crippen LogP contribution in [0.1, 0.15) is 37.3 Å². The van der Waals surface area contributed by atoms with Crippen LogP contribution in [0.2, 0.25) is 5.02 Å². The number of hydrogen-bond acceptors (Lipinski definition) is 2. The Morgan fingerprint density at radius 1 is 1.29 bits per heavy atom. The summed E-state index contributed by atoms with van der Waals surface area (Å²) in [5.41, 5.74) is 2.51. The van der Waals surface area contributed by atoms with Gasteiger partial charge >= 0.3 is 0 Å². The van der Waals surface area contributed by atoms with Gasteiger partial charge in [0.2, 0.25) is 0 Å². The second-order valence-electron chi connectivity index (χ2n) is 5.84. The molecule has 1 aromatic heterocycles. The lowest BCUT2D eigenvalue weighted by Gasteiger charge is -2.20. The highest BCUT2D eigenvalue weighted by molar-refractivity contribution is 6.31. The van der Waals surface area contributed by atoms with Crippen LogP contribution < -0.4 is 5.32 Å². The van der Waals surface area contributed by atoms with Crippen LogP contribution in [-0.2, 0) is 13.5 Å². The quantitative estimate of drug-likeness (QED) is 0.843. The van der Waals surface area contributed by atoms with Gasteiger partial charge in [-0.3, -0.25) is 4.68 Å². The molecular weight excluding hydrogens is 282 g/mol. The topological polar surface area (TPSA) is 29.9 Å². The lowest BCUT2D eigenvalue weighted by atomic mass is 9.92. The number of rotatable bonds is 7. The molecule has 1 atom stereocenters. The maximum absolute atomic E-state index is 6.38. The van der Waals surface area contributed by atoms with E-state index in [1.165, 1.54) is 11.1 Å². The molecule has 1 heterocycles. The molecule has 2 rings (SSSR count). The first-order valence-corrected chi connectivity index (χ1v) is 7.89. The van der Waals surface area contributed by atoms with Gasteiger partial charge in [0, 0.05) is 30.9 Å². The summed E-state index contributed by atoms with van der Waals surface area (Å²) >= 11 is 6.38. The zero-order chi connectivity index (χ0) is 15.2. The first-order chi connectivity index (χ1) is 10.1. The van der Waals surface area contributed by atoms with Gasteiger partial charge in [-0.25, -0.2) is 0 Å². The van der Waals surface area contributed by atoms with Gasteiger partial charge in [-0.15, -0.1) is 0 Å². The van der Waals surface area contributed by atoms with Crippen LogP contribution in [0.3, 0.4) is 0 Å². The summed E-state index contributed by atoms with van der Waals surface area (Å²) in [7, 11) is 1.95. The molecule has 0 saturated heterocycles. The van der Waals surface area contributed by atoms with Gasteiger partial charge in [0.1, 0.15) is 0 Å². The molecule has 0 saturated carbocycles. The van der Waals surface area contributed by atoms with Crippen LogP contribution >= 0.6 is 11.6 Å². The molecular formula is C17H24ClN3. The molecule has 1 N–H and O–H groups in total. The van der Waals surface area contributed by atoms with E-state index in [0.29, 0.717) is 12.0 Å². The van der Waals surface area contributed by atoms with Gasteiger partial charge in [-0.1, -0.05) is 43.6 Å². The summed E-state index contributed by atoms with van der Waals surface area (Å²) < 4.78 is 1.85. The number of aryl methyl sites for hydroxylation is 2. The summed E-state index contributed by atoms with van der Waals surface area (Å²) in [6.07, 6.45) is 6.11. The van der Waals surface area contributed by atoms with E-state index >= 15 is 0 Å². The Kier molecular flexibility index (Phi) is 5.83. The molecule has 3 nitrogen and oxygen atoms in total. The van der Waals surface area contributed by atoms with Crippen molar-refractivity contribution in [2.24, 2.45) is 7.05 Å². The number of halogens is 1. The first kappa shape index (κ1) is 16.1. The second-order valence-corrected chi connectivity index (χ2v) is 6.25. The fraction of sp³-hybridized carbons (Fsp3) is 0.471. The summed E-state index contributed by atoms with van der Waals surface area (Å²) in [6, 6.07) is 8.64. The van der Waals surface area contributed by atoms with Crippen LogP contribution in [0.15, 0.2) is 36.7 Å². The molecule has 4 heteroatoms. The van der Waals surface area contributed by atoms with E-state index in [2.05, 4.69) is 42.6 Å². The van der Waals surface area contributed by atoms with E-state index < -0.39 is 0 Å². The molecule has 0 radical (unpaired) electrons. The van der Waals surface area contributed by atoms with Crippen molar-refractivity contribution in [3.63, 3.8) is 0 Å². The summed E-state index contributed by atoms with van der Waals surface area (Å²) in [5.74, 6) is 0.418. The number of benzene rings is 1. The second kappa shape index (κ2) is 7.62. The molecule has 0 spiro atoms. The molecule has 0 fully saturated rings. The zero-order valence-electron chi connectivity index (χ0n) is 13.0. The van der Waals surface area contributed by atoms with E-state index in [4.69, 9.17) is 11.6 Å². The third-order valence-electron chi connectivity index (χ3n) is 3.66. The molecule has 0 amide bonds. The SMILES string of the molecule is CC(C)NCC(CCc1cnn(C)c1)c1ccccc1Cl. The van der Waals surface area contributed by atoms with Crippen LogP contribution in [0.5, 0.6) is 0 Å². The summed E-state index contributed by atoms with van der Waals surface area (Å²) in [6.45, 7) is 5.29. The average molecular weight is 306 g/mol. The molecule has 2 aromatic rings. The third-order valence-corrected chi connectivity index (χ3v) is 4.00. The fourth-order valence-corrected chi connectivity index (χ4v) is 2.78. The van der Waals surface area contributed by atoms with Crippen molar-refractivity contribution < 1.29 is 0 Å². The number of nitrogens with one attached hydrogen (secondary N) is 1. The molecule has 114 valence electrons. The van der Waals surface area contributed by atoms with Crippen molar-refractivity contribution in [1.82, 2.24) is 15.1 Å². The minimum absolute atomic E-state index is 0.418. The van der Waals surface area contributed by atoms with Crippen molar-refractivity contribution in [3.8, 4) is 0 Å². The Bertz CT molecular complexity index is 563. The molecule has 21 heavy (non-hydrogen) atoms. The molecule has 0 aliphatic heterocycles. The minimum Gasteiger partial charge on any atom is -0.314 e. The minimum atomic E-state index is 0.418. The van der Waals surface area contributed by atoms with Crippen LogP contribution in [0.4, 0.5) is 0 Å². The van der Waals surface area contributed by atoms with Gasteiger partial charge in [0.15, 0.2) is 0 Å². The standard InChI is InChI=1S/C17H24ClN3/c1-13(2)19-11-15(16-6-4-5-7-17(16)18)9-8-14-10-20-21(3)12-14/h4-7,10,12-13,15,19H,8-9,11H2,1-3H3. The third kappa shape index (κ3) is 4.87. The van der Waals surface area contributed by atoms with Crippen molar-refractivity contribution in [3.05, 3.63) is 52.8 Å². The average Bonchev–Trinajstić information content (AvgIpc) is 2.85. The Morgan fingerprint density at radius 2 is 2.05 bits per heavy atom. The predicted molar refractivity (Wildman–Crippen MR) is 88.9 cm³/mol. The van der Waals surface area contributed by atoms with E-state index in [-0.39, 0.29) is 0 Å². The largest absolute Gasteiger partial charge is 0.314 e. The van der Waals surface area contributed by atoms with E-state index in [0.717, 1.165) is 24.4 Å². The van der Waals surface area contributed by atoms with Crippen molar-refractivity contribution in [2.75, 3.05) is 6.54 Å². The Labute approximate surface area is 132 Å². The van der Waals surface area contributed by atoms with Crippen molar-refractivity contribution in [1.29, 1.82) is 0 Å². The van der Waals surface area contributed by atoms with E-state index in [1.54, 1.807) is 0 Å². The Hall–Kier alpha value is -1.32. The van der Waals surface area contributed by atoms with Crippen molar-refractivity contribution in [2.45, 2.75) is 38.6 Å². The molecule has 0 aliphatic rings. The van der Waals surface area contributed by atoms with E-state index in [1.807, 2.05) is 30.1 Å². The summed E-state index contributed by atoms with van der Waals surface area (Å²) in [4.78, 5) is 0. The fourth-order valence-electron chi connectivity index (χ4n) is 2.49. The first-order valence-electron chi connectivity index (χ1n) is 7.51. The Balaban J connectivity index is 2.06. The summed E-state index contributed by atoms with van der Waals surface area (Å²) in [5, 5.41) is 8.63. The lowest BCUT2D eigenvalue weighted by Crippen LogP contribution is -2.28. The Morgan fingerprint density at radius 3 is 2.67 bits per heavy atom. The molecule has 0 aliphatic carbocycles. The van der Waals surface area contributed by atoms with Gasteiger partial charge in [0.25, 0.3) is 0 Å². The highest BCUT2D eigenvalue weighted by Gasteiger charge is 2.15. The zero-order valence-corrected chi connectivity index (χ0v) is 13.8. The molecule has 1 aromatic carbocycles. The molecule has 1 unspecified atom stereocenters. The lowest BCUT2D eigenvalue weighted by molar-refractivity contribution is 0.508. The highest BCUT2D eigenvalue weighted by atomic mass is 35.5. The van der Waals surface area contributed by atoms with Crippen LogP contribution in [0, 0.1) is 0 Å². The van der Waals surface area contributed by atoms with Crippen LogP contribution in [0.25, 0.3) is 0 Å². The number of nitrogens with zero attached hydrogens (tertiary/aromatic N) is 2. The smallest absolute Gasteiger partial charge is 0.0521 e. The number of aromatic nitrogens is 2. The highest BCUT2D eigenvalue weighted by Crippen LogP contribution is 2.27. The predicted octanol–water partition coefficient (Wildman–Crippen LogP) is 3.79. The maximum Gasteiger partial charge on any atom is 0.0521 e. The number of hydrogen-bond donors (Lipinski definition) is 1. The van der Waals surface area contributed by atoms with Gasteiger partial charge < -0.3 is 5.32 Å². The normalized spacial score (nSPS) is 12.8. The molecule has 0 bridgehead atoms.